The molecule has 0 aliphatic heterocycles. The first kappa shape index (κ1) is 9.97. The van der Waals surface area contributed by atoms with E-state index in [4.69, 9.17) is 0 Å². The first-order valence-electron chi connectivity index (χ1n) is 5.27. The minimum absolute atomic E-state index is 0.661. The Morgan fingerprint density at radius 1 is 1.33 bits per heavy atom. The van der Waals surface area contributed by atoms with Crippen molar-refractivity contribution in [2.75, 3.05) is 0 Å². The Balaban J connectivity index is 2.38. The summed E-state index contributed by atoms with van der Waals surface area (Å²) in [4.78, 5) is 0. The number of aromatic amines is 1. The van der Waals surface area contributed by atoms with Gasteiger partial charge in [-0.15, -0.1) is 0 Å². The second kappa shape index (κ2) is 4.30. The van der Waals surface area contributed by atoms with Crippen LogP contribution in [0.4, 0.5) is 0 Å². The smallest absolute Gasteiger partial charge is 0.0930 e. The molecule has 0 atom stereocenters. The van der Waals surface area contributed by atoms with Crippen LogP contribution in [0.3, 0.4) is 0 Å². The molecule has 0 fully saturated rings. The Bertz CT molecular complexity index is 416. The van der Waals surface area contributed by atoms with Crippen molar-refractivity contribution < 1.29 is 0 Å². The molecule has 0 unspecified atom stereocenters. The van der Waals surface area contributed by atoms with Crippen LogP contribution in [0.2, 0.25) is 0 Å². The molecule has 2 heteroatoms. The summed E-state index contributed by atoms with van der Waals surface area (Å²) < 4.78 is 0. The van der Waals surface area contributed by atoms with Gasteiger partial charge in [-0.05, 0) is 24.0 Å². The van der Waals surface area contributed by atoms with Crippen molar-refractivity contribution in [2.24, 2.45) is 5.92 Å². The van der Waals surface area contributed by atoms with Gasteiger partial charge in [-0.2, -0.15) is 5.10 Å². The number of benzene rings is 1. The van der Waals surface area contributed by atoms with E-state index >= 15 is 0 Å². The van der Waals surface area contributed by atoms with Gasteiger partial charge in [0.2, 0.25) is 0 Å². The van der Waals surface area contributed by atoms with Crippen LogP contribution < -0.4 is 0 Å². The van der Waals surface area contributed by atoms with Gasteiger partial charge in [0, 0.05) is 5.56 Å². The summed E-state index contributed by atoms with van der Waals surface area (Å²) in [6.45, 7) is 4.46. The van der Waals surface area contributed by atoms with Gasteiger partial charge in [-0.3, -0.25) is 5.10 Å². The molecule has 0 spiro atoms. The predicted octanol–water partition coefficient (Wildman–Crippen LogP) is 3.08. The van der Waals surface area contributed by atoms with Crippen LogP contribution in [0.25, 0.3) is 11.3 Å². The van der Waals surface area contributed by atoms with E-state index in [-0.39, 0.29) is 0 Å². The molecule has 1 N–H and O–H groups in total. The van der Waals surface area contributed by atoms with Crippen LogP contribution in [0.5, 0.6) is 0 Å². The highest BCUT2D eigenvalue weighted by Crippen LogP contribution is 2.23. The minimum atomic E-state index is 0.661. The third-order valence-corrected chi connectivity index (χ3v) is 2.37. The second-order valence-electron chi connectivity index (χ2n) is 4.15. The fraction of sp³-hybridized carbons (Fsp3) is 0.308. The third kappa shape index (κ3) is 2.27. The lowest BCUT2D eigenvalue weighted by molar-refractivity contribution is 0.648. The van der Waals surface area contributed by atoms with Crippen molar-refractivity contribution >= 4 is 0 Å². The zero-order chi connectivity index (χ0) is 10.7. The van der Waals surface area contributed by atoms with Gasteiger partial charge in [-0.1, -0.05) is 38.1 Å². The van der Waals surface area contributed by atoms with E-state index in [0.717, 1.165) is 12.1 Å². The normalized spacial score (nSPS) is 10.9. The van der Waals surface area contributed by atoms with Gasteiger partial charge in [0.15, 0.2) is 0 Å². The molecule has 1 heterocycles. The van der Waals surface area contributed by atoms with E-state index < -0.39 is 0 Å². The maximum absolute atomic E-state index is 4.17. The molecule has 77 valence electrons. The summed E-state index contributed by atoms with van der Waals surface area (Å²) in [6.07, 6.45) is 3.96. The quantitative estimate of drug-likeness (QED) is 0.808. The molecule has 0 bridgehead atoms. The number of hydrogen-bond donors (Lipinski definition) is 1. The molecule has 15 heavy (non-hydrogen) atoms. The van der Waals surface area contributed by atoms with Crippen LogP contribution in [0.1, 0.15) is 19.4 Å². The van der Waals surface area contributed by atoms with E-state index in [2.05, 4.69) is 48.4 Å². The van der Waals surface area contributed by atoms with Crippen LogP contribution in [-0.2, 0) is 6.42 Å². The molecule has 0 aliphatic carbocycles. The highest BCUT2D eigenvalue weighted by atomic mass is 15.1. The van der Waals surface area contributed by atoms with E-state index in [1.54, 1.807) is 0 Å². The Morgan fingerprint density at radius 2 is 2.13 bits per heavy atom. The van der Waals surface area contributed by atoms with Gasteiger partial charge < -0.3 is 0 Å². The van der Waals surface area contributed by atoms with Crippen molar-refractivity contribution in [3.8, 4) is 11.3 Å². The predicted molar refractivity (Wildman–Crippen MR) is 61.4 cm³/mol. The van der Waals surface area contributed by atoms with Gasteiger partial charge >= 0.3 is 0 Å². The molecule has 1 radical (unpaired) electrons. The largest absolute Gasteiger partial charge is 0.276 e. The second-order valence-corrected chi connectivity index (χ2v) is 4.15. The van der Waals surface area contributed by atoms with E-state index in [9.17, 15) is 0 Å². The molecule has 1 aromatic carbocycles. The number of aromatic nitrogens is 2. The van der Waals surface area contributed by atoms with Crippen molar-refractivity contribution in [2.45, 2.75) is 20.3 Å². The minimum Gasteiger partial charge on any atom is -0.276 e. The summed E-state index contributed by atoms with van der Waals surface area (Å²) in [5.74, 6) is 0.661. The van der Waals surface area contributed by atoms with Crippen LogP contribution in [0, 0.1) is 12.1 Å². The molecule has 1 aromatic heterocycles. The standard InChI is InChI=1S/C13H15N2/c1-10(2)9-11-5-3-4-6-12(11)13-7-8-14-15-13/h3-7,10H,9H2,1-2H3,(H,14,15). The fourth-order valence-corrected chi connectivity index (χ4v) is 1.75. The zero-order valence-corrected chi connectivity index (χ0v) is 9.12. The molecule has 2 nitrogen and oxygen atoms in total. The van der Waals surface area contributed by atoms with Gasteiger partial charge in [-0.25, -0.2) is 0 Å². The summed E-state index contributed by atoms with van der Waals surface area (Å²) in [5.41, 5.74) is 3.54. The maximum atomic E-state index is 4.17. The Labute approximate surface area is 90.3 Å². The lowest BCUT2D eigenvalue weighted by Gasteiger charge is -2.09. The zero-order valence-electron chi connectivity index (χ0n) is 9.12. The Morgan fingerprint density at radius 3 is 2.80 bits per heavy atom. The van der Waals surface area contributed by atoms with Crippen molar-refractivity contribution in [3.63, 3.8) is 0 Å². The monoisotopic (exact) mass is 199 g/mol. The average molecular weight is 199 g/mol. The van der Waals surface area contributed by atoms with Crippen molar-refractivity contribution in [3.05, 3.63) is 42.1 Å². The first-order valence-corrected chi connectivity index (χ1v) is 5.27. The maximum Gasteiger partial charge on any atom is 0.0930 e. The molecule has 0 saturated heterocycles. The number of hydrogen-bond acceptors (Lipinski definition) is 1. The SMILES string of the molecule is CC(C)Cc1ccccc1-c1c[c][nH]n1. The fourth-order valence-electron chi connectivity index (χ4n) is 1.75. The molecule has 0 aliphatic rings. The number of H-pyrrole nitrogens is 1. The first-order chi connectivity index (χ1) is 7.27. The average Bonchev–Trinajstić information content (AvgIpc) is 2.70. The molecular formula is C13H15N2. The van der Waals surface area contributed by atoms with Crippen LogP contribution in [0.15, 0.2) is 30.3 Å². The summed E-state index contributed by atoms with van der Waals surface area (Å²) in [7, 11) is 0. The molecule has 2 rings (SSSR count). The molecule has 0 amide bonds. The Kier molecular flexibility index (Phi) is 2.86. The topological polar surface area (TPSA) is 28.7 Å². The van der Waals surface area contributed by atoms with Crippen LogP contribution in [-0.4, -0.2) is 10.2 Å². The van der Waals surface area contributed by atoms with E-state index in [0.29, 0.717) is 5.92 Å². The van der Waals surface area contributed by atoms with E-state index in [1.807, 2.05) is 12.1 Å². The molecule has 2 aromatic rings. The number of rotatable bonds is 3. The lowest BCUT2D eigenvalue weighted by atomic mass is 9.96. The third-order valence-electron chi connectivity index (χ3n) is 2.37. The van der Waals surface area contributed by atoms with E-state index in [1.165, 1.54) is 11.1 Å². The van der Waals surface area contributed by atoms with Crippen LogP contribution >= 0.6 is 0 Å². The highest BCUT2D eigenvalue weighted by molar-refractivity contribution is 5.63. The summed E-state index contributed by atoms with van der Waals surface area (Å²) >= 11 is 0. The Hall–Kier alpha value is -1.57. The lowest BCUT2D eigenvalue weighted by Crippen LogP contribution is -1.96. The molecular weight excluding hydrogens is 184 g/mol. The molecule has 0 saturated carbocycles. The van der Waals surface area contributed by atoms with Crippen molar-refractivity contribution in [1.29, 1.82) is 0 Å². The highest BCUT2D eigenvalue weighted by Gasteiger charge is 2.07. The number of nitrogens with one attached hydrogen (secondary N) is 1. The van der Waals surface area contributed by atoms with Gasteiger partial charge in [0.1, 0.15) is 0 Å². The summed E-state index contributed by atoms with van der Waals surface area (Å²) in [5, 5.41) is 6.91. The number of nitrogens with zero attached hydrogens (tertiary/aromatic N) is 1. The van der Waals surface area contributed by atoms with Crippen molar-refractivity contribution in [1.82, 2.24) is 10.2 Å². The van der Waals surface area contributed by atoms with Gasteiger partial charge in [0.05, 0.1) is 11.9 Å². The summed E-state index contributed by atoms with van der Waals surface area (Å²) in [6, 6.07) is 10.3. The van der Waals surface area contributed by atoms with Gasteiger partial charge in [0.25, 0.3) is 0 Å².